The van der Waals surface area contributed by atoms with Gasteiger partial charge in [0.2, 0.25) is 10.0 Å². The Bertz CT molecular complexity index is 1080. The molecule has 1 saturated heterocycles. The summed E-state index contributed by atoms with van der Waals surface area (Å²) < 4.78 is 32.2. The molecule has 32 heavy (non-hydrogen) atoms. The maximum atomic E-state index is 12.7. The van der Waals surface area contributed by atoms with Crippen LogP contribution in [0.4, 0.5) is 5.69 Å². The lowest BCUT2D eigenvalue weighted by Crippen LogP contribution is -2.30. The number of carbonyl (C=O) groups is 1. The molecule has 1 aliphatic heterocycles. The minimum absolute atomic E-state index is 0.00407. The number of amides is 1. The van der Waals surface area contributed by atoms with Gasteiger partial charge in [-0.1, -0.05) is 26.0 Å². The van der Waals surface area contributed by atoms with Crippen molar-refractivity contribution in [2.75, 3.05) is 26.2 Å². The Labute approximate surface area is 187 Å². The predicted octanol–water partition coefficient (Wildman–Crippen LogP) is 3.44. The second kappa shape index (κ2) is 10.1. The average molecular weight is 462 g/mol. The van der Waals surface area contributed by atoms with Gasteiger partial charge in [0.05, 0.1) is 9.82 Å². The van der Waals surface area contributed by atoms with E-state index >= 15 is 0 Å². The first-order valence-electron chi connectivity index (χ1n) is 10.6. The molecule has 0 aliphatic carbocycles. The van der Waals surface area contributed by atoms with E-state index in [2.05, 4.69) is 0 Å². The minimum Gasteiger partial charge on any atom is -0.482 e. The Kier molecular flexibility index (Phi) is 7.47. The van der Waals surface area contributed by atoms with E-state index in [4.69, 9.17) is 4.74 Å². The molecule has 0 N–H and O–H groups in total. The highest BCUT2D eigenvalue weighted by molar-refractivity contribution is 7.89. The zero-order valence-electron chi connectivity index (χ0n) is 18.2. The summed E-state index contributed by atoms with van der Waals surface area (Å²) in [5.41, 5.74) is 0.906. The maximum Gasteiger partial charge on any atom is 0.312 e. The van der Waals surface area contributed by atoms with Crippen LogP contribution in [-0.4, -0.2) is 54.6 Å². The molecule has 1 heterocycles. The molecule has 172 valence electrons. The van der Waals surface area contributed by atoms with E-state index < -0.39 is 20.6 Å². The molecule has 10 heteroatoms. The van der Waals surface area contributed by atoms with Gasteiger partial charge in [-0.05, 0) is 42.7 Å². The molecule has 0 saturated carbocycles. The number of carbonyl (C=O) groups excluding carboxylic acids is 1. The lowest BCUT2D eigenvalue weighted by Gasteiger charge is -2.18. The van der Waals surface area contributed by atoms with Crippen LogP contribution in [-0.2, 0) is 16.6 Å². The Hall–Kier alpha value is -2.98. The Morgan fingerprint density at radius 2 is 1.72 bits per heavy atom. The predicted molar refractivity (Wildman–Crippen MR) is 119 cm³/mol. The van der Waals surface area contributed by atoms with Gasteiger partial charge < -0.3 is 9.64 Å². The molecule has 0 bridgehead atoms. The second-order valence-corrected chi connectivity index (χ2v) is 9.40. The number of nitrogens with zero attached hydrogens (tertiary/aromatic N) is 3. The summed E-state index contributed by atoms with van der Waals surface area (Å²) in [5.74, 6) is -0.0266. The summed E-state index contributed by atoms with van der Waals surface area (Å²) >= 11 is 0. The Morgan fingerprint density at radius 1 is 1.09 bits per heavy atom. The number of nitro benzene ring substituents is 1. The summed E-state index contributed by atoms with van der Waals surface area (Å²) in [7, 11) is -3.82. The van der Waals surface area contributed by atoms with Crippen LogP contribution >= 0.6 is 0 Å². The Morgan fingerprint density at radius 3 is 2.28 bits per heavy atom. The molecule has 1 amide bonds. The largest absolute Gasteiger partial charge is 0.482 e. The maximum absolute atomic E-state index is 12.7. The second-order valence-electron chi connectivity index (χ2n) is 7.46. The fourth-order valence-corrected chi connectivity index (χ4v) is 5.12. The number of sulfonamides is 1. The van der Waals surface area contributed by atoms with Gasteiger partial charge in [0.15, 0.2) is 5.75 Å². The van der Waals surface area contributed by atoms with E-state index in [1.807, 2.05) is 4.90 Å². The first-order valence-corrected chi connectivity index (χ1v) is 12.0. The van der Waals surface area contributed by atoms with Crippen LogP contribution in [0.3, 0.4) is 0 Å². The van der Waals surface area contributed by atoms with Crippen molar-refractivity contribution in [1.82, 2.24) is 9.21 Å². The SMILES string of the molecule is CCN(CC)S(=O)(=O)c1ccc(OCc2ccc(C(=O)N3CCCC3)cc2)c([N+](=O)[O-])c1. The molecule has 1 fully saturated rings. The standard InChI is InChI=1S/C22H27N3O6S/c1-3-24(4-2)32(29,30)19-11-12-21(20(15-19)25(27)28)31-16-17-7-9-18(10-8-17)22(26)23-13-5-6-14-23/h7-12,15H,3-6,13-14,16H2,1-2H3. The van der Waals surface area contributed by atoms with Gasteiger partial charge in [0.1, 0.15) is 6.61 Å². The molecule has 0 atom stereocenters. The van der Waals surface area contributed by atoms with E-state index in [0.717, 1.165) is 37.6 Å². The van der Waals surface area contributed by atoms with Gasteiger partial charge in [-0.15, -0.1) is 0 Å². The third-order valence-electron chi connectivity index (χ3n) is 5.46. The van der Waals surface area contributed by atoms with Gasteiger partial charge in [-0.2, -0.15) is 4.31 Å². The first-order chi connectivity index (χ1) is 15.3. The molecule has 0 spiro atoms. The van der Waals surface area contributed by atoms with Crippen molar-refractivity contribution in [3.63, 3.8) is 0 Å². The van der Waals surface area contributed by atoms with Crippen molar-refractivity contribution >= 4 is 21.6 Å². The Balaban J connectivity index is 1.74. The van der Waals surface area contributed by atoms with Crippen molar-refractivity contribution in [1.29, 1.82) is 0 Å². The molecular formula is C22H27N3O6S. The summed E-state index contributed by atoms with van der Waals surface area (Å²) in [6.45, 7) is 5.53. The van der Waals surface area contributed by atoms with Crippen LogP contribution in [0.15, 0.2) is 47.4 Å². The summed E-state index contributed by atoms with van der Waals surface area (Å²) in [5, 5.41) is 11.5. The number of ether oxygens (including phenoxy) is 1. The zero-order valence-corrected chi connectivity index (χ0v) is 19.0. The summed E-state index contributed by atoms with van der Waals surface area (Å²) in [6, 6.07) is 10.6. The number of hydrogen-bond donors (Lipinski definition) is 0. The molecule has 3 rings (SSSR count). The van der Waals surface area contributed by atoms with Crippen LogP contribution in [0, 0.1) is 10.1 Å². The molecule has 9 nitrogen and oxygen atoms in total. The van der Waals surface area contributed by atoms with Crippen molar-refractivity contribution in [2.24, 2.45) is 0 Å². The van der Waals surface area contributed by atoms with Crippen LogP contribution in [0.1, 0.15) is 42.6 Å². The van der Waals surface area contributed by atoms with E-state index in [-0.39, 0.29) is 36.2 Å². The van der Waals surface area contributed by atoms with Gasteiger partial charge >= 0.3 is 5.69 Å². The van der Waals surface area contributed by atoms with E-state index in [1.165, 1.54) is 16.4 Å². The van der Waals surface area contributed by atoms with Crippen LogP contribution in [0.25, 0.3) is 0 Å². The minimum atomic E-state index is -3.82. The van der Waals surface area contributed by atoms with Gasteiger partial charge in [0, 0.05) is 37.8 Å². The number of hydrogen-bond acceptors (Lipinski definition) is 6. The average Bonchev–Trinajstić information content (AvgIpc) is 3.33. The molecule has 2 aromatic carbocycles. The third kappa shape index (κ3) is 5.08. The highest BCUT2D eigenvalue weighted by atomic mass is 32.2. The van der Waals surface area contributed by atoms with E-state index in [0.29, 0.717) is 5.56 Å². The number of benzene rings is 2. The van der Waals surface area contributed by atoms with Gasteiger partial charge in [0.25, 0.3) is 5.91 Å². The van der Waals surface area contributed by atoms with Gasteiger partial charge in [-0.25, -0.2) is 8.42 Å². The van der Waals surface area contributed by atoms with Crippen LogP contribution in [0.2, 0.25) is 0 Å². The van der Waals surface area contributed by atoms with Crippen LogP contribution < -0.4 is 4.74 Å². The molecule has 2 aromatic rings. The first kappa shape index (κ1) is 23.7. The van der Waals surface area contributed by atoms with E-state index in [1.54, 1.807) is 38.1 Å². The number of nitro groups is 1. The normalized spacial score (nSPS) is 14.0. The van der Waals surface area contributed by atoms with Crippen molar-refractivity contribution in [3.8, 4) is 5.75 Å². The molecule has 0 unspecified atom stereocenters. The highest BCUT2D eigenvalue weighted by Crippen LogP contribution is 2.31. The number of rotatable bonds is 9. The van der Waals surface area contributed by atoms with Crippen molar-refractivity contribution < 1.29 is 22.9 Å². The van der Waals surface area contributed by atoms with Crippen molar-refractivity contribution in [3.05, 3.63) is 63.7 Å². The third-order valence-corrected chi connectivity index (χ3v) is 7.50. The summed E-state index contributed by atoms with van der Waals surface area (Å²) in [4.78, 5) is 25.0. The fraction of sp³-hybridized carbons (Fsp3) is 0.409. The van der Waals surface area contributed by atoms with E-state index in [9.17, 15) is 23.3 Å². The fourth-order valence-electron chi connectivity index (χ4n) is 3.64. The molecule has 0 radical (unpaired) electrons. The smallest absolute Gasteiger partial charge is 0.312 e. The summed E-state index contributed by atoms with van der Waals surface area (Å²) in [6.07, 6.45) is 2.04. The van der Waals surface area contributed by atoms with Crippen LogP contribution in [0.5, 0.6) is 5.75 Å². The zero-order chi connectivity index (χ0) is 23.3. The highest BCUT2D eigenvalue weighted by Gasteiger charge is 2.26. The monoisotopic (exact) mass is 461 g/mol. The lowest BCUT2D eigenvalue weighted by molar-refractivity contribution is -0.386. The number of likely N-dealkylation sites (tertiary alicyclic amines) is 1. The molecule has 1 aliphatic rings. The van der Waals surface area contributed by atoms with Gasteiger partial charge in [-0.3, -0.25) is 14.9 Å². The van der Waals surface area contributed by atoms with Crippen molar-refractivity contribution in [2.45, 2.75) is 38.2 Å². The molecular weight excluding hydrogens is 434 g/mol. The lowest BCUT2D eigenvalue weighted by atomic mass is 10.1. The topological polar surface area (TPSA) is 110 Å². The quantitative estimate of drug-likeness (QED) is 0.418. The molecule has 0 aromatic heterocycles.